The van der Waals surface area contributed by atoms with Crippen LogP contribution in [0.3, 0.4) is 0 Å². The second kappa shape index (κ2) is 6.56. The maximum atomic E-state index is 11.8. The number of hydrogen-bond acceptors (Lipinski definition) is 5. The van der Waals surface area contributed by atoms with E-state index in [9.17, 15) is 4.79 Å². The van der Waals surface area contributed by atoms with Gasteiger partial charge in [-0.05, 0) is 33.9 Å². The number of aromatic nitrogens is 1. The third-order valence-corrected chi connectivity index (χ3v) is 3.71. The van der Waals surface area contributed by atoms with E-state index in [2.05, 4.69) is 29.2 Å². The van der Waals surface area contributed by atoms with Crippen molar-refractivity contribution < 1.29 is 14.1 Å². The lowest BCUT2D eigenvalue weighted by atomic mass is 9.93. The normalized spacial score (nSPS) is 14.2. The van der Waals surface area contributed by atoms with Gasteiger partial charge in [-0.3, -0.25) is 4.79 Å². The highest BCUT2D eigenvalue weighted by molar-refractivity contribution is 5.92. The molecule has 0 bridgehead atoms. The first kappa shape index (κ1) is 15.5. The van der Waals surface area contributed by atoms with Gasteiger partial charge in [-0.15, -0.1) is 0 Å². The van der Waals surface area contributed by atoms with Crippen molar-refractivity contribution >= 4 is 5.91 Å². The maximum absolute atomic E-state index is 11.8. The summed E-state index contributed by atoms with van der Waals surface area (Å²) in [5, 5.41) is 6.47. The topological polar surface area (TPSA) is 67.6 Å². The third kappa shape index (κ3) is 3.96. The lowest BCUT2D eigenvalue weighted by Gasteiger charge is -2.35. The van der Waals surface area contributed by atoms with Gasteiger partial charge >= 0.3 is 5.95 Å². The quantitative estimate of drug-likeness (QED) is 0.813. The average molecular weight is 269 g/mol. The number of methoxy groups -OCH3 is 1. The fourth-order valence-corrected chi connectivity index (χ4v) is 1.71. The Balaban J connectivity index is 2.46. The van der Waals surface area contributed by atoms with E-state index in [1.807, 2.05) is 14.1 Å². The molecule has 0 spiro atoms. The molecule has 0 aromatic carbocycles. The van der Waals surface area contributed by atoms with Gasteiger partial charge in [0, 0.05) is 12.1 Å². The van der Waals surface area contributed by atoms with Gasteiger partial charge in [0.25, 0.3) is 5.91 Å². The van der Waals surface area contributed by atoms with Crippen LogP contribution in [0.5, 0.6) is 5.95 Å². The van der Waals surface area contributed by atoms with Crippen LogP contribution in [0.25, 0.3) is 0 Å². The van der Waals surface area contributed by atoms with Gasteiger partial charge in [-0.1, -0.05) is 12.1 Å². The number of nitrogens with one attached hydrogen (secondary N) is 1. The molecule has 1 aromatic rings. The summed E-state index contributed by atoms with van der Waals surface area (Å²) in [6.45, 7) is 4.92. The predicted octanol–water partition coefficient (Wildman–Crippen LogP) is 1.53. The zero-order valence-electron chi connectivity index (χ0n) is 12.3. The molecule has 0 fully saturated rings. The van der Waals surface area contributed by atoms with Crippen molar-refractivity contribution in [3.63, 3.8) is 0 Å². The highest BCUT2D eigenvalue weighted by Crippen LogP contribution is 2.19. The summed E-state index contributed by atoms with van der Waals surface area (Å²) in [5.74, 6) is -0.0129. The molecule has 0 aliphatic carbocycles. The minimum absolute atomic E-state index is 0.0782. The average Bonchev–Trinajstić information content (AvgIpc) is 2.86. The van der Waals surface area contributed by atoms with Crippen LogP contribution in [-0.2, 0) is 0 Å². The molecule has 0 aliphatic rings. The molecule has 1 N–H and O–H groups in total. The molecule has 1 amide bonds. The fraction of sp³-hybridized carbons (Fsp3) is 0.692. The molecular weight excluding hydrogens is 246 g/mol. The molecule has 108 valence electrons. The van der Waals surface area contributed by atoms with Crippen LogP contribution in [0, 0.1) is 0 Å². The van der Waals surface area contributed by atoms with Crippen molar-refractivity contribution in [1.82, 2.24) is 15.4 Å². The van der Waals surface area contributed by atoms with E-state index in [1.165, 1.54) is 13.2 Å². The number of carbonyl (C=O) groups excluding carboxylic acids is 1. The smallest absolute Gasteiger partial charge is 0.311 e. The van der Waals surface area contributed by atoms with Gasteiger partial charge < -0.3 is 19.5 Å². The maximum Gasteiger partial charge on any atom is 0.311 e. The highest BCUT2D eigenvalue weighted by Gasteiger charge is 2.24. The molecular formula is C13H23N3O3. The lowest BCUT2D eigenvalue weighted by Crippen LogP contribution is -2.43. The third-order valence-electron chi connectivity index (χ3n) is 3.71. The molecule has 6 nitrogen and oxygen atoms in total. The molecule has 0 saturated heterocycles. The predicted molar refractivity (Wildman–Crippen MR) is 72.4 cm³/mol. The van der Waals surface area contributed by atoms with Crippen molar-refractivity contribution in [2.75, 3.05) is 27.7 Å². The molecule has 1 aromatic heterocycles. The van der Waals surface area contributed by atoms with Crippen LogP contribution in [0.2, 0.25) is 0 Å². The fourth-order valence-electron chi connectivity index (χ4n) is 1.71. The number of hydrogen-bond donors (Lipinski definition) is 1. The monoisotopic (exact) mass is 269 g/mol. The lowest BCUT2D eigenvalue weighted by molar-refractivity contribution is 0.0928. The zero-order valence-corrected chi connectivity index (χ0v) is 12.3. The second-order valence-corrected chi connectivity index (χ2v) is 4.99. The van der Waals surface area contributed by atoms with Gasteiger partial charge in [0.15, 0.2) is 5.69 Å². The number of carbonyl (C=O) groups is 1. The molecule has 0 saturated carbocycles. The summed E-state index contributed by atoms with van der Waals surface area (Å²) in [4.78, 5) is 14.0. The molecule has 0 radical (unpaired) electrons. The van der Waals surface area contributed by atoms with Gasteiger partial charge in [0.2, 0.25) is 0 Å². The SMILES string of the molecule is CCC(C)(CCNC(=O)c1cc(OC)on1)N(C)C. The summed E-state index contributed by atoms with van der Waals surface area (Å²) >= 11 is 0. The summed E-state index contributed by atoms with van der Waals surface area (Å²) in [6, 6.07) is 1.47. The second-order valence-electron chi connectivity index (χ2n) is 4.99. The van der Waals surface area contributed by atoms with Crippen molar-refractivity contribution in [3.8, 4) is 5.95 Å². The van der Waals surface area contributed by atoms with Crippen molar-refractivity contribution in [2.24, 2.45) is 0 Å². The first-order chi connectivity index (χ1) is 8.92. The van der Waals surface area contributed by atoms with Gasteiger partial charge in [-0.2, -0.15) is 0 Å². The first-order valence-electron chi connectivity index (χ1n) is 6.39. The largest absolute Gasteiger partial charge is 0.467 e. The minimum atomic E-state index is -0.246. The molecule has 19 heavy (non-hydrogen) atoms. The van der Waals surface area contributed by atoms with Crippen molar-refractivity contribution in [3.05, 3.63) is 11.8 Å². The summed E-state index contributed by atoms with van der Waals surface area (Å²) in [6.07, 6.45) is 1.89. The Kier molecular flexibility index (Phi) is 5.35. The molecule has 1 heterocycles. The van der Waals surface area contributed by atoms with E-state index in [4.69, 9.17) is 9.26 Å². The van der Waals surface area contributed by atoms with E-state index in [0.717, 1.165) is 12.8 Å². The Hall–Kier alpha value is -1.56. The molecule has 1 atom stereocenters. The van der Waals surface area contributed by atoms with Gasteiger partial charge in [0.1, 0.15) is 0 Å². The van der Waals surface area contributed by atoms with Crippen LogP contribution in [-0.4, -0.2) is 49.3 Å². The molecule has 6 heteroatoms. The highest BCUT2D eigenvalue weighted by atomic mass is 16.6. The number of rotatable bonds is 7. The minimum Gasteiger partial charge on any atom is -0.467 e. The summed E-state index contributed by atoms with van der Waals surface area (Å²) in [7, 11) is 5.56. The Morgan fingerprint density at radius 2 is 2.26 bits per heavy atom. The van der Waals surface area contributed by atoms with E-state index >= 15 is 0 Å². The number of amides is 1. The number of ether oxygens (including phenoxy) is 1. The van der Waals surface area contributed by atoms with Crippen LogP contribution in [0.4, 0.5) is 0 Å². The standard InChI is InChI=1S/C13H23N3O3/c1-6-13(2,16(3)4)7-8-14-12(17)10-9-11(18-5)19-15-10/h9H,6-8H2,1-5H3,(H,14,17). The van der Waals surface area contributed by atoms with E-state index in [0.29, 0.717) is 6.54 Å². The van der Waals surface area contributed by atoms with E-state index < -0.39 is 0 Å². The van der Waals surface area contributed by atoms with E-state index in [1.54, 1.807) is 0 Å². The molecule has 1 unspecified atom stereocenters. The zero-order chi connectivity index (χ0) is 14.5. The van der Waals surface area contributed by atoms with E-state index in [-0.39, 0.29) is 23.1 Å². The van der Waals surface area contributed by atoms with Crippen molar-refractivity contribution in [1.29, 1.82) is 0 Å². The summed E-state index contributed by atoms with van der Waals surface area (Å²) in [5.41, 5.74) is 0.314. The Labute approximate surface area is 114 Å². The Bertz CT molecular complexity index is 417. The van der Waals surface area contributed by atoms with Crippen LogP contribution in [0.15, 0.2) is 10.6 Å². The molecule has 0 aliphatic heterocycles. The van der Waals surface area contributed by atoms with Crippen LogP contribution in [0.1, 0.15) is 37.2 Å². The Morgan fingerprint density at radius 3 is 2.74 bits per heavy atom. The first-order valence-corrected chi connectivity index (χ1v) is 6.39. The van der Waals surface area contributed by atoms with Gasteiger partial charge in [0.05, 0.1) is 13.2 Å². The van der Waals surface area contributed by atoms with Crippen LogP contribution < -0.4 is 10.1 Å². The Morgan fingerprint density at radius 1 is 1.58 bits per heavy atom. The number of nitrogens with zero attached hydrogens (tertiary/aromatic N) is 2. The summed E-state index contributed by atoms with van der Waals surface area (Å²) < 4.78 is 9.64. The van der Waals surface area contributed by atoms with Gasteiger partial charge in [-0.25, -0.2) is 0 Å². The van der Waals surface area contributed by atoms with Crippen LogP contribution >= 0.6 is 0 Å². The molecule has 1 rings (SSSR count). The van der Waals surface area contributed by atoms with Crippen molar-refractivity contribution in [2.45, 2.75) is 32.2 Å².